The summed E-state index contributed by atoms with van der Waals surface area (Å²) in [7, 11) is 0. The standard InChI is InChI=1S/C16H27N3O/c1-5-15(20)14-7-6-13(12-17-14)18-8-10-19(11-9-18)16(2,3)4/h6-7,12,15,20H,5,8-11H2,1-4H3. The third-order valence-electron chi connectivity index (χ3n) is 4.09. The van der Waals surface area contributed by atoms with E-state index in [1.54, 1.807) is 0 Å². The van der Waals surface area contributed by atoms with Gasteiger partial charge in [-0.1, -0.05) is 6.92 Å². The van der Waals surface area contributed by atoms with Gasteiger partial charge in [0, 0.05) is 31.7 Å². The van der Waals surface area contributed by atoms with E-state index in [0.29, 0.717) is 6.42 Å². The Hall–Kier alpha value is -1.13. The molecule has 1 aliphatic heterocycles. The fourth-order valence-electron chi connectivity index (χ4n) is 2.63. The quantitative estimate of drug-likeness (QED) is 0.921. The molecule has 0 radical (unpaired) electrons. The highest BCUT2D eigenvalue weighted by molar-refractivity contribution is 5.45. The predicted molar refractivity (Wildman–Crippen MR) is 83.0 cm³/mol. The van der Waals surface area contributed by atoms with E-state index in [1.165, 1.54) is 0 Å². The molecular formula is C16H27N3O. The molecule has 4 heteroatoms. The molecule has 1 aromatic heterocycles. The number of aliphatic hydroxyl groups is 1. The normalized spacial score (nSPS) is 19.1. The number of hydrogen-bond donors (Lipinski definition) is 1. The van der Waals surface area contributed by atoms with Crippen molar-refractivity contribution in [2.24, 2.45) is 0 Å². The third-order valence-corrected chi connectivity index (χ3v) is 4.09. The maximum Gasteiger partial charge on any atom is 0.0957 e. The first-order valence-corrected chi connectivity index (χ1v) is 7.56. The van der Waals surface area contributed by atoms with Crippen LogP contribution in [0.5, 0.6) is 0 Å². The molecule has 1 aliphatic rings. The van der Waals surface area contributed by atoms with E-state index < -0.39 is 6.10 Å². The van der Waals surface area contributed by atoms with E-state index in [0.717, 1.165) is 37.6 Å². The molecule has 1 saturated heterocycles. The first-order valence-electron chi connectivity index (χ1n) is 7.56. The summed E-state index contributed by atoms with van der Waals surface area (Å²) in [5.41, 5.74) is 2.18. The van der Waals surface area contributed by atoms with Crippen molar-refractivity contribution in [1.29, 1.82) is 0 Å². The number of piperazine rings is 1. The molecule has 112 valence electrons. The Kier molecular flexibility index (Phi) is 4.66. The molecule has 1 unspecified atom stereocenters. The number of anilines is 1. The van der Waals surface area contributed by atoms with Gasteiger partial charge in [-0.2, -0.15) is 0 Å². The minimum Gasteiger partial charge on any atom is -0.387 e. The van der Waals surface area contributed by atoms with Gasteiger partial charge in [0.1, 0.15) is 0 Å². The van der Waals surface area contributed by atoms with Gasteiger partial charge in [-0.3, -0.25) is 9.88 Å². The average Bonchev–Trinajstić information content (AvgIpc) is 2.46. The fraction of sp³-hybridized carbons (Fsp3) is 0.688. The topological polar surface area (TPSA) is 39.6 Å². The Balaban J connectivity index is 1.97. The van der Waals surface area contributed by atoms with Crippen LogP contribution in [0, 0.1) is 0 Å². The first kappa shape index (κ1) is 15.3. The predicted octanol–water partition coefficient (Wildman–Crippen LogP) is 2.45. The Labute approximate surface area is 122 Å². The highest BCUT2D eigenvalue weighted by Gasteiger charge is 2.25. The maximum atomic E-state index is 9.77. The van der Waals surface area contributed by atoms with Gasteiger partial charge in [-0.15, -0.1) is 0 Å². The molecule has 0 aromatic carbocycles. The van der Waals surface area contributed by atoms with Crippen molar-refractivity contribution >= 4 is 5.69 Å². The largest absolute Gasteiger partial charge is 0.387 e. The van der Waals surface area contributed by atoms with Crippen molar-refractivity contribution in [3.05, 3.63) is 24.0 Å². The number of nitrogens with zero attached hydrogens (tertiary/aromatic N) is 3. The van der Waals surface area contributed by atoms with Crippen LogP contribution < -0.4 is 4.90 Å². The molecule has 0 spiro atoms. The lowest BCUT2D eigenvalue weighted by molar-refractivity contribution is 0.128. The highest BCUT2D eigenvalue weighted by Crippen LogP contribution is 2.22. The number of rotatable bonds is 3. The van der Waals surface area contributed by atoms with E-state index in [1.807, 2.05) is 19.2 Å². The number of aromatic nitrogens is 1. The lowest BCUT2D eigenvalue weighted by Crippen LogP contribution is -2.53. The molecule has 0 aliphatic carbocycles. The highest BCUT2D eigenvalue weighted by atomic mass is 16.3. The molecule has 1 fully saturated rings. The van der Waals surface area contributed by atoms with Crippen molar-refractivity contribution in [1.82, 2.24) is 9.88 Å². The molecule has 1 aromatic rings. The van der Waals surface area contributed by atoms with Crippen LogP contribution in [0.2, 0.25) is 0 Å². The van der Waals surface area contributed by atoms with Gasteiger partial charge >= 0.3 is 0 Å². The van der Waals surface area contributed by atoms with Gasteiger partial charge in [0.25, 0.3) is 0 Å². The van der Waals surface area contributed by atoms with Gasteiger partial charge in [-0.05, 0) is 39.3 Å². The van der Waals surface area contributed by atoms with Crippen molar-refractivity contribution in [2.75, 3.05) is 31.1 Å². The van der Waals surface area contributed by atoms with Gasteiger partial charge in [0.2, 0.25) is 0 Å². The van der Waals surface area contributed by atoms with Crippen molar-refractivity contribution in [3.8, 4) is 0 Å². The average molecular weight is 277 g/mol. The van der Waals surface area contributed by atoms with E-state index in [2.05, 4.69) is 41.6 Å². The second-order valence-corrected chi connectivity index (χ2v) is 6.51. The Morgan fingerprint density at radius 3 is 2.30 bits per heavy atom. The van der Waals surface area contributed by atoms with Crippen molar-refractivity contribution < 1.29 is 5.11 Å². The number of pyridine rings is 1. The first-order chi connectivity index (χ1) is 9.41. The summed E-state index contributed by atoms with van der Waals surface area (Å²) in [5.74, 6) is 0. The van der Waals surface area contributed by atoms with Gasteiger partial charge in [0.15, 0.2) is 0 Å². The smallest absolute Gasteiger partial charge is 0.0957 e. The lowest BCUT2D eigenvalue weighted by atomic mass is 10.0. The molecule has 20 heavy (non-hydrogen) atoms. The lowest BCUT2D eigenvalue weighted by Gasteiger charge is -2.43. The summed E-state index contributed by atoms with van der Waals surface area (Å²) in [5, 5.41) is 9.77. The fourth-order valence-corrected chi connectivity index (χ4v) is 2.63. The molecule has 1 N–H and O–H groups in total. The van der Waals surface area contributed by atoms with E-state index in [4.69, 9.17) is 0 Å². The number of hydrogen-bond acceptors (Lipinski definition) is 4. The van der Waals surface area contributed by atoms with Crippen LogP contribution in [0.25, 0.3) is 0 Å². The van der Waals surface area contributed by atoms with Crippen LogP contribution in [-0.4, -0.2) is 46.7 Å². The zero-order valence-corrected chi connectivity index (χ0v) is 13.1. The van der Waals surface area contributed by atoms with Gasteiger partial charge in [0.05, 0.1) is 23.7 Å². The van der Waals surface area contributed by atoms with E-state index in [-0.39, 0.29) is 5.54 Å². The molecule has 1 atom stereocenters. The van der Waals surface area contributed by atoms with Crippen LogP contribution in [0.1, 0.15) is 45.9 Å². The molecule has 2 heterocycles. The van der Waals surface area contributed by atoms with Crippen LogP contribution in [0.3, 0.4) is 0 Å². The molecule has 4 nitrogen and oxygen atoms in total. The van der Waals surface area contributed by atoms with E-state index >= 15 is 0 Å². The SMILES string of the molecule is CCC(O)c1ccc(N2CCN(C(C)(C)C)CC2)cn1. The Bertz CT molecular complexity index is 416. The maximum absolute atomic E-state index is 9.77. The van der Waals surface area contributed by atoms with Crippen LogP contribution in [0.4, 0.5) is 5.69 Å². The van der Waals surface area contributed by atoms with Crippen molar-refractivity contribution in [3.63, 3.8) is 0 Å². The zero-order chi connectivity index (χ0) is 14.8. The molecule has 0 saturated carbocycles. The van der Waals surface area contributed by atoms with Crippen LogP contribution in [0.15, 0.2) is 18.3 Å². The summed E-state index contributed by atoms with van der Waals surface area (Å²) in [6.07, 6.45) is 2.15. The summed E-state index contributed by atoms with van der Waals surface area (Å²) in [4.78, 5) is 9.28. The summed E-state index contributed by atoms with van der Waals surface area (Å²) >= 11 is 0. The minimum atomic E-state index is -0.443. The minimum absolute atomic E-state index is 0.249. The van der Waals surface area contributed by atoms with Gasteiger partial charge < -0.3 is 10.0 Å². The van der Waals surface area contributed by atoms with Crippen LogP contribution in [-0.2, 0) is 0 Å². The zero-order valence-electron chi connectivity index (χ0n) is 13.1. The summed E-state index contributed by atoms with van der Waals surface area (Å²) < 4.78 is 0. The summed E-state index contributed by atoms with van der Waals surface area (Å²) in [6.45, 7) is 13.0. The second kappa shape index (κ2) is 6.10. The molecule has 2 rings (SSSR count). The monoisotopic (exact) mass is 277 g/mol. The summed E-state index contributed by atoms with van der Waals surface area (Å²) in [6, 6.07) is 4.02. The molecular weight excluding hydrogens is 250 g/mol. The molecule has 0 amide bonds. The molecule has 0 bridgehead atoms. The Morgan fingerprint density at radius 1 is 1.20 bits per heavy atom. The van der Waals surface area contributed by atoms with Crippen molar-refractivity contribution in [2.45, 2.75) is 45.8 Å². The second-order valence-electron chi connectivity index (χ2n) is 6.51. The number of aliphatic hydroxyl groups excluding tert-OH is 1. The van der Waals surface area contributed by atoms with Gasteiger partial charge in [-0.25, -0.2) is 0 Å². The van der Waals surface area contributed by atoms with Crippen LogP contribution >= 0.6 is 0 Å². The Morgan fingerprint density at radius 2 is 1.85 bits per heavy atom. The van der Waals surface area contributed by atoms with E-state index in [9.17, 15) is 5.11 Å². The third kappa shape index (κ3) is 3.49.